The summed E-state index contributed by atoms with van der Waals surface area (Å²) in [5, 5.41) is 18.6. The maximum absolute atomic E-state index is 10.5. The van der Waals surface area contributed by atoms with Gasteiger partial charge in [0.25, 0.3) is 0 Å². The number of rotatable bonds is 5. The van der Waals surface area contributed by atoms with E-state index in [1.807, 2.05) is 22.9 Å². The van der Waals surface area contributed by atoms with Crippen molar-refractivity contribution in [3.63, 3.8) is 0 Å². The second-order valence-corrected chi connectivity index (χ2v) is 6.34. The molecule has 4 nitrogen and oxygen atoms in total. The zero-order valence-electron chi connectivity index (χ0n) is 13.4. The third kappa shape index (κ3) is 3.08. The van der Waals surface area contributed by atoms with Gasteiger partial charge in [-0.1, -0.05) is 32.0 Å². The lowest BCUT2D eigenvalue weighted by Crippen LogP contribution is -2.28. The number of para-hydroxylation sites is 1. The molecule has 4 heteroatoms. The highest BCUT2D eigenvalue weighted by Crippen LogP contribution is 2.29. The van der Waals surface area contributed by atoms with E-state index in [-0.39, 0.29) is 0 Å². The summed E-state index contributed by atoms with van der Waals surface area (Å²) < 4.78 is 2.03. The van der Waals surface area contributed by atoms with Gasteiger partial charge in [0.2, 0.25) is 0 Å². The molecule has 2 aromatic rings. The SMILES string of the molecule is CC(C)NCC(O)c1nn(-c2ccccc2)c2c1CCCC2. The normalized spacial score (nSPS) is 15.8. The fourth-order valence-electron chi connectivity index (χ4n) is 3.12. The second-order valence-electron chi connectivity index (χ2n) is 6.34. The van der Waals surface area contributed by atoms with Gasteiger partial charge in [0.1, 0.15) is 6.10 Å². The van der Waals surface area contributed by atoms with E-state index in [2.05, 4.69) is 31.3 Å². The Labute approximate surface area is 132 Å². The Bertz CT molecular complexity index is 619. The van der Waals surface area contributed by atoms with Crippen molar-refractivity contribution in [1.82, 2.24) is 15.1 Å². The predicted molar refractivity (Wildman–Crippen MR) is 88.3 cm³/mol. The van der Waals surface area contributed by atoms with Gasteiger partial charge in [-0.05, 0) is 43.4 Å². The summed E-state index contributed by atoms with van der Waals surface area (Å²) in [7, 11) is 0. The van der Waals surface area contributed by atoms with Crippen molar-refractivity contribution in [2.24, 2.45) is 0 Å². The van der Waals surface area contributed by atoms with E-state index in [0.29, 0.717) is 12.6 Å². The molecule has 1 aliphatic rings. The van der Waals surface area contributed by atoms with E-state index in [1.54, 1.807) is 0 Å². The zero-order chi connectivity index (χ0) is 15.5. The van der Waals surface area contributed by atoms with Crippen molar-refractivity contribution in [3.05, 3.63) is 47.3 Å². The van der Waals surface area contributed by atoms with Crippen LogP contribution in [0.4, 0.5) is 0 Å². The van der Waals surface area contributed by atoms with Gasteiger partial charge in [0.15, 0.2) is 0 Å². The van der Waals surface area contributed by atoms with Crippen LogP contribution in [0.3, 0.4) is 0 Å². The Morgan fingerprint density at radius 2 is 1.91 bits per heavy atom. The molecule has 1 heterocycles. The van der Waals surface area contributed by atoms with Gasteiger partial charge in [-0.2, -0.15) is 5.10 Å². The second kappa shape index (κ2) is 6.63. The van der Waals surface area contributed by atoms with Crippen molar-refractivity contribution in [3.8, 4) is 5.69 Å². The molecule has 1 atom stereocenters. The summed E-state index contributed by atoms with van der Waals surface area (Å²) in [4.78, 5) is 0. The highest BCUT2D eigenvalue weighted by molar-refractivity contribution is 5.39. The maximum Gasteiger partial charge on any atom is 0.110 e. The first kappa shape index (κ1) is 15.3. The van der Waals surface area contributed by atoms with Crippen LogP contribution in [-0.4, -0.2) is 27.5 Å². The number of hydrogen-bond donors (Lipinski definition) is 2. The van der Waals surface area contributed by atoms with E-state index in [9.17, 15) is 5.11 Å². The van der Waals surface area contributed by atoms with Crippen LogP contribution in [0.2, 0.25) is 0 Å². The number of aliphatic hydroxyl groups is 1. The van der Waals surface area contributed by atoms with Crippen molar-refractivity contribution < 1.29 is 5.11 Å². The molecular formula is C18H25N3O. The number of hydrogen-bond acceptors (Lipinski definition) is 3. The molecule has 118 valence electrons. The number of nitrogens with zero attached hydrogens (tertiary/aromatic N) is 2. The molecule has 22 heavy (non-hydrogen) atoms. The number of fused-ring (bicyclic) bond motifs is 1. The number of benzene rings is 1. The summed E-state index contributed by atoms with van der Waals surface area (Å²) in [6.07, 6.45) is 3.91. The molecule has 0 amide bonds. The standard InChI is InChI=1S/C18H25N3O/c1-13(2)19-12-17(22)18-15-10-6-7-11-16(15)21(20-18)14-8-4-3-5-9-14/h3-5,8-9,13,17,19,22H,6-7,10-12H2,1-2H3. The first-order chi connectivity index (χ1) is 10.7. The molecule has 0 saturated carbocycles. The van der Waals surface area contributed by atoms with Crippen LogP contribution in [-0.2, 0) is 12.8 Å². The minimum Gasteiger partial charge on any atom is -0.385 e. The van der Waals surface area contributed by atoms with E-state index >= 15 is 0 Å². The van der Waals surface area contributed by atoms with Crippen molar-refractivity contribution >= 4 is 0 Å². The fraction of sp³-hybridized carbons (Fsp3) is 0.500. The van der Waals surface area contributed by atoms with E-state index < -0.39 is 6.10 Å². The molecule has 0 spiro atoms. The molecule has 1 aromatic heterocycles. The van der Waals surface area contributed by atoms with Crippen LogP contribution in [0.15, 0.2) is 30.3 Å². The Morgan fingerprint density at radius 1 is 1.18 bits per heavy atom. The predicted octanol–water partition coefficient (Wildman–Crippen LogP) is 2.78. The Kier molecular flexibility index (Phi) is 4.60. The third-order valence-electron chi connectivity index (χ3n) is 4.25. The average Bonchev–Trinajstić information content (AvgIpc) is 2.93. The molecule has 2 N–H and O–H groups in total. The lowest BCUT2D eigenvalue weighted by molar-refractivity contribution is 0.165. The van der Waals surface area contributed by atoms with Crippen LogP contribution < -0.4 is 5.32 Å². The minimum atomic E-state index is -0.542. The Morgan fingerprint density at radius 3 is 2.64 bits per heavy atom. The summed E-state index contributed by atoms with van der Waals surface area (Å²) in [5.74, 6) is 0. The molecule has 1 aliphatic carbocycles. The molecule has 0 fully saturated rings. The number of nitrogens with one attached hydrogen (secondary N) is 1. The minimum absolute atomic E-state index is 0.363. The van der Waals surface area contributed by atoms with Gasteiger partial charge in [0.05, 0.1) is 11.4 Å². The summed E-state index contributed by atoms with van der Waals surface area (Å²) in [6.45, 7) is 4.73. The monoisotopic (exact) mass is 299 g/mol. The zero-order valence-corrected chi connectivity index (χ0v) is 13.4. The third-order valence-corrected chi connectivity index (χ3v) is 4.25. The fourth-order valence-corrected chi connectivity index (χ4v) is 3.12. The smallest absolute Gasteiger partial charge is 0.110 e. The molecule has 0 radical (unpaired) electrons. The van der Waals surface area contributed by atoms with Gasteiger partial charge < -0.3 is 10.4 Å². The van der Waals surface area contributed by atoms with Crippen LogP contribution >= 0.6 is 0 Å². The van der Waals surface area contributed by atoms with Crippen LogP contribution in [0.5, 0.6) is 0 Å². The first-order valence-corrected chi connectivity index (χ1v) is 8.24. The Balaban J connectivity index is 1.95. The molecule has 1 aromatic carbocycles. The van der Waals surface area contributed by atoms with Gasteiger partial charge >= 0.3 is 0 Å². The van der Waals surface area contributed by atoms with Crippen molar-refractivity contribution in [2.75, 3.05) is 6.54 Å². The van der Waals surface area contributed by atoms with Crippen molar-refractivity contribution in [1.29, 1.82) is 0 Å². The highest BCUT2D eigenvalue weighted by atomic mass is 16.3. The van der Waals surface area contributed by atoms with Gasteiger partial charge in [-0.3, -0.25) is 0 Å². The topological polar surface area (TPSA) is 50.1 Å². The van der Waals surface area contributed by atoms with Gasteiger partial charge in [0, 0.05) is 18.3 Å². The van der Waals surface area contributed by atoms with Crippen LogP contribution in [0.25, 0.3) is 5.69 Å². The number of aromatic nitrogens is 2. The molecule has 0 saturated heterocycles. The van der Waals surface area contributed by atoms with Crippen molar-refractivity contribution in [2.45, 2.75) is 51.7 Å². The van der Waals surface area contributed by atoms with Crippen LogP contribution in [0, 0.1) is 0 Å². The van der Waals surface area contributed by atoms with E-state index in [0.717, 1.165) is 24.2 Å². The molecule has 3 rings (SSSR count). The van der Waals surface area contributed by atoms with Gasteiger partial charge in [-0.25, -0.2) is 4.68 Å². The lowest BCUT2D eigenvalue weighted by atomic mass is 9.94. The molecule has 0 bridgehead atoms. The van der Waals surface area contributed by atoms with E-state index in [4.69, 9.17) is 5.10 Å². The maximum atomic E-state index is 10.5. The van der Waals surface area contributed by atoms with E-state index in [1.165, 1.54) is 24.1 Å². The number of aliphatic hydroxyl groups excluding tert-OH is 1. The van der Waals surface area contributed by atoms with Crippen LogP contribution in [0.1, 0.15) is 49.7 Å². The quantitative estimate of drug-likeness (QED) is 0.892. The first-order valence-electron chi connectivity index (χ1n) is 8.24. The summed E-state index contributed by atoms with van der Waals surface area (Å²) >= 11 is 0. The molecule has 1 unspecified atom stereocenters. The molecule has 0 aliphatic heterocycles. The summed E-state index contributed by atoms with van der Waals surface area (Å²) in [5.41, 5.74) is 4.46. The Hall–Kier alpha value is -1.65. The largest absolute Gasteiger partial charge is 0.385 e. The average molecular weight is 299 g/mol. The lowest BCUT2D eigenvalue weighted by Gasteiger charge is -2.16. The summed E-state index contributed by atoms with van der Waals surface area (Å²) in [6, 6.07) is 10.6. The highest BCUT2D eigenvalue weighted by Gasteiger charge is 2.25. The van der Waals surface area contributed by atoms with Gasteiger partial charge in [-0.15, -0.1) is 0 Å². The molecular weight excluding hydrogens is 274 g/mol.